The average Bonchev–Trinajstić information content (AvgIpc) is 2.89. The van der Waals surface area contributed by atoms with E-state index in [0.717, 1.165) is 5.56 Å². The molecule has 0 aliphatic heterocycles. The Kier molecular flexibility index (Phi) is 5.74. The quantitative estimate of drug-likeness (QED) is 0.347. The van der Waals surface area contributed by atoms with Crippen LogP contribution in [0.25, 0.3) is 33.0 Å². The van der Waals surface area contributed by atoms with Gasteiger partial charge in [0, 0.05) is 16.5 Å². The molecule has 2 aromatic heterocycles. The highest BCUT2D eigenvalue weighted by molar-refractivity contribution is 6.02. The van der Waals surface area contributed by atoms with Gasteiger partial charge < -0.3 is 19.0 Å². The van der Waals surface area contributed by atoms with Crippen molar-refractivity contribution in [3.8, 4) is 41.3 Å². The van der Waals surface area contributed by atoms with Crippen LogP contribution in [0.2, 0.25) is 0 Å². The minimum Gasteiger partial charge on any atom is -0.508 e. The van der Waals surface area contributed by atoms with E-state index < -0.39 is 11.4 Å². The third-order valence-corrected chi connectivity index (χ3v) is 5.79. The summed E-state index contributed by atoms with van der Waals surface area (Å²) in [5.74, 6) is 1.71. The standard InChI is InChI=1S/C28H19FN2O5/c1-4-19-21(29)11-10-17-12-18(32)13-20(22(17)19)25-15(2)24-23(27(33)36-25)26(31-28(30-24)34-3)35-14-16-8-6-5-7-9-16/h1,5-13,32H,14H2,2-3H3. The van der Waals surface area contributed by atoms with Gasteiger partial charge in [0.2, 0.25) is 5.88 Å². The molecule has 0 saturated heterocycles. The summed E-state index contributed by atoms with van der Waals surface area (Å²) >= 11 is 0. The van der Waals surface area contributed by atoms with Gasteiger partial charge in [0.15, 0.2) is 0 Å². The number of aromatic hydroxyl groups is 1. The van der Waals surface area contributed by atoms with E-state index in [1.807, 2.05) is 30.3 Å². The molecular formula is C28H19FN2O5. The number of aromatic nitrogens is 2. The Morgan fingerprint density at radius 2 is 1.89 bits per heavy atom. The maximum atomic E-state index is 14.6. The van der Waals surface area contributed by atoms with Gasteiger partial charge in [-0.1, -0.05) is 42.3 Å². The van der Waals surface area contributed by atoms with E-state index in [9.17, 15) is 14.3 Å². The molecule has 0 aliphatic rings. The van der Waals surface area contributed by atoms with E-state index >= 15 is 0 Å². The summed E-state index contributed by atoms with van der Waals surface area (Å²) in [6.07, 6.45) is 5.60. The minimum atomic E-state index is -0.772. The average molecular weight is 482 g/mol. The van der Waals surface area contributed by atoms with Crippen molar-refractivity contribution < 1.29 is 23.4 Å². The molecule has 178 valence electrons. The largest absolute Gasteiger partial charge is 0.508 e. The van der Waals surface area contributed by atoms with Crippen LogP contribution in [0, 0.1) is 25.1 Å². The summed E-state index contributed by atoms with van der Waals surface area (Å²) in [6, 6.07) is 14.9. The Morgan fingerprint density at radius 1 is 1.11 bits per heavy atom. The summed E-state index contributed by atoms with van der Waals surface area (Å²) in [4.78, 5) is 21.8. The fraction of sp³-hybridized carbons (Fsp3) is 0.107. The SMILES string of the molecule is C#Cc1c(F)ccc2cc(O)cc(-c3oc(=O)c4c(OCc5ccccc5)nc(OC)nc4c3C)c12. The maximum absolute atomic E-state index is 14.6. The lowest BCUT2D eigenvalue weighted by Gasteiger charge is -2.14. The molecule has 8 heteroatoms. The first-order valence-corrected chi connectivity index (χ1v) is 10.9. The number of methoxy groups -OCH3 is 1. The third-order valence-electron chi connectivity index (χ3n) is 5.79. The molecule has 5 aromatic rings. The number of rotatable bonds is 5. The highest BCUT2D eigenvalue weighted by Gasteiger charge is 2.23. The topological polar surface area (TPSA) is 94.7 Å². The van der Waals surface area contributed by atoms with Crippen molar-refractivity contribution in [1.29, 1.82) is 0 Å². The Bertz CT molecular complexity index is 1740. The van der Waals surface area contributed by atoms with Crippen LogP contribution in [-0.4, -0.2) is 22.2 Å². The Labute approximate surface area is 204 Å². The second-order valence-corrected chi connectivity index (χ2v) is 8.02. The Hall–Kier alpha value is -4.90. The van der Waals surface area contributed by atoms with Crippen LogP contribution in [0.1, 0.15) is 16.7 Å². The van der Waals surface area contributed by atoms with E-state index in [1.165, 1.54) is 31.4 Å². The van der Waals surface area contributed by atoms with Crippen molar-refractivity contribution in [2.24, 2.45) is 0 Å². The fourth-order valence-corrected chi connectivity index (χ4v) is 4.13. The van der Waals surface area contributed by atoms with Crippen molar-refractivity contribution in [2.45, 2.75) is 13.5 Å². The normalized spacial score (nSPS) is 10.9. The van der Waals surface area contributed by atoms with E-state index in [1.54, 1.807) is 6.92 Å². The molecule has 3 aromatic carbocycles. The van der Waals surface area contributed by atoms with E-state index in [2.05, 4.69) is 15.9 Å². The monoisotopic (exact) mass is 482 g/mol. The van der Waals surface area contributed by atoms with Gasteiger partial charge in [-0.15, -0.1) is 6.42 Å². The first-order valence-electron chi connectivity index (χ1n) is 10.9. The lowest BCUT2D eigenvalue weighted by Crippen LogP contribution is -2.10. The number of hydrogen-bond acceptors (Lipinski definition) is 7. The number of halogens is 1. The van der Waals surface area contributed by atoms with Gasteiger partial charge >= 0.3 is 11.6 Å². The minimum absolute atomic E-state index is 0.000211. The molecule has 36 heavy (non-hydrogen) atoms. The number of phenols is 1. The third kappa shape index (κ3) is 3.87. The predicted octanol–water partition coefficient (Wildman–Crippen LogP) is 5.13. The number of phenolic OH excluding ortho intramolecular Hbond substituents is 1. The zero-order valence-corrected chi connectivity index (χ0v) is 19.3. The molecule has 7 nitrogen and oxygen atoms in total. The van der Waals surface area contributed by atoms with Crippen molar-refractivity contribution in [2.75, 3.05) is 7.11 Å². The number of ether oxygens (including phenoxy) is 2. The van der Waals surface area contributed by atoms with Crippen molar-refractivity contribution >= 4 is 21.7 Å². The van der Waals surface area contributed by atoms with Crippen LogP contribution >= 0.6 is 0 Å². The van der Waals surface area contributed by atoms with E-state index in [4.69, 9.17) is 20.3 Å². The van der Waals surface area contributed by atoms with Gasteiger partial charge in [0.25, 0.3) is 0 Å². The molecule has 0 radical (unpaired) electrons. The molecule has 0 atom stereocenters. The van der Waals surface area contributed by atoms with Gasteiger partial charge in [-0.05, 0) is 36.1 Å². The highest BCUT2D eigenvalue weighted by Crippen LogP contribution is 2.39. The number of fused-ring (bicyclic) bond motifs is 2. The molecule has 0 spiro atoms. The van der Waals surface area contributed by atoms with E-state index in [0.29, 0.717) is 16.3 Å². The first kappa shape index (κ1) is 22.9. The van der Waals surface area contributed by atoms with Gasteiger partial charge in [0.05, 0.1) is 18.2 Å². The van der Waals surface area contributed by atoms with Crippen LogP contribution in [0.5, 0.6) is 17.6 Å². The summed E-state index contributed by atoms with van der Waals surface area (Å²) in [6.45, 7) is 1.83. The molecule has 0 fully saturated rings. The smallest absolute Gasteiger partial charge is 0.351 e. The fourth-order valence-electron chi connectivity index (χ4n) is 4.13. The number of aryl methyl sites for hydroxylation is 1. The number of hydrogen-bond donors (Lipinski definition) is 1. The van der Waals surface area contributed by atoms with Crippen LogP contribution in [-0.2, 0) is 6.61 Å². The van der Waals surface area contributed by atoms with Crippen LogP contribution in [0.15, 0.2) is 63.8 Å². The Balaban J connectivity index is 1.77. The van der Waals surface area contributed by atoms with E-state index in [-0.39, 0.29) is 52.0 Å². The summed E-state index contributed by atoms with van der Waals surface area (Å²) in [5, 5.41) is 11.2. The van der Waals surface area contributed by atoms with Gasteiger partial charge in [0.1, 0.15) is 29.3 Å². The number of nitrogens with zero attached hydrogens (tertiary/aromatic N) is 2. The lowest BCUT2D eigenvalue weighted by molar-refractivity contribution is 0.288. The van der Waals surface area contributed by atoms with Gasteiger partial charge in [-0.3, -0.25) is 0 Å². The van der Waals surface area contributed by atoms with Crippen molar-refractivity contribution in [3.05, 3.63) is 87.5 Å². The zero-order valence-electron chi connectivity index (χ0n) is 19.3. The molecule has 1 N–H and O–H groups in total. The zero-order chi connectivity index (χ0) is 25.4. The molecule has 0 unspecified atom stereocenters. The predicted molar refractivity (Wildman–Crippen MR) is 133 cm³/mol. The molecule has 0 bridgehead atoms. The van der Waals surface area contributed by atoms with Crippen LogP contribution < -0.4 is 15.1 Å². The summed E-state index contributed by atoms with van der Waals surface area (Å²) in [7, 11) is 1.40. The molecule has 0 aliphatic carbocycles. The lowest BCUT2D eigenvalue weighted by atomic mass is 9.95. The van der Waals surface area contributed by atoms with Crippen LogP contribution in [0.3, 0.4) is 0 Å². The molecule has 0 amide bonds. The van der Waals surface area contributed by atoms with Gasteiger partial charge in [-0.25, -0.2) is 9.18 Å². The number of terminal acetylenes is 1. The number of benzene rings is 3. The van der Waals surface area contributed by atoms with Gasteiger partial charge in [-0.2, -0.15) is 9.97 Å². The second-order valence-electron chi connectivity index (χ2n) is 8.02. The van der Waals surface area contributed by atoms with Crippen molar-refractivity contribution in [1.82, 2.24) is 9.97 Å². The van der Waals surface area contributed by atoms with Crippen LogP contribution in [0.4, 0.5) is 4.39 Å². The highest BCUT2D eigenvalue weighted by atomic mass is 19.1. The molecule has 2 heterocycles. The molecule has 5 rings (SSSR count). The summed E-state index contributed by atoms with van der Waals surface area (Å²) < 4.78 is 31.4. The maximum Gasteiger partial charge on any atom is 0.351 e. The Morgan fingerprint density at radius 3 is 2.61 bits per heavy atom. The molecular weight excluding hydrogens is 463 g/mol. The second kappa shape index (κ2) is 9.04. The van der Waals surface area contributed by atoms with Crippen molar-refractivity contribution in [3.63, 3.8) is 0 Å². The summed E-state index contributed by atoms with van der Waals surface area (Å²) in [5.41, 5.74) is 0.984. The molecule has 0 saturated carbocycles. The first-order chi connectivity index (χ1) is 17.4.